The van der Waals surface area contributed by atoms with Gasteiger partial charge in [0, 0.05) is 25.7 Å². The molecule has 160 valence electrons. The Balaban J connectivity index is 1.84. The number of amides is 2. The minimum Gasteiger partial charge on any atom is -0.494 e. The molecule has 1 aliphatic heterocycles. The lowest BCUT2D eigenvalue weighted by Crippen LogP contribution is -2.33. The molecule has 3 rings (SSSR count). The largest absolute Gasteiger partial charge is 0.494 e. The average Bonchev–Trinajstić information content (AvgIpc) is 3.38. The van der Waals surface area contributed by atoms with Crippen molar-refractivity contribution in [1.82, 2.24) is 10.2 Å². The van der Waals surface area contributed by atoms with Gasteiger partial charge in [0.25, 0.3) is 0 Å². The van der Waals surface area contributed by atoms with Crippen LogP contribution in [0, 0.1) is 6.92 Å². The molecule has 1 aromatic rings. The summed E-state index contributed by atoms with van der Waals surface area (Å²) >= 11 is 0. The second-order valence-electron chi connectivity index (χ2n) is 8.88. The summed E-state index contributed by atoms with van der Waals surface area (Å²) in [6, 6.07) is 2.69. The first-order chi connectivity index (χ1) is 13.7. The van der Waals surface area contributed by atoms with E-state index in [0.717, 1.165) is 47.5 Å². The number of fused-ring (bicyclic) bond motifs is 1. The number of rotatable bonds is 8. The van der Waals surface area contributed by atoms with Crippen LogP contribution in [0.3, 0.4) is 0 Å². The molecule has 1 saturated carbocycles. The second-order valence-corrected chi connectivity index (χ2v) is 8.88. The van der Waals surface area contributed by atoms with Gasteiger partial charge in [-0.05, 0) is 69.7 Å². The van der Waals surface area contributed by atoms with Crippen LogP contribution >= 0.6 is 0 Å². The third-order valence-corrected chi connectivity index (χ3v) is 5.39. The molecule has 7 nitrogen and oxygen atoms in total. The van der Waals surface area contributed by atoms with E-state index < -0.39 is 5.60 Å². The monoisotopic (exact) mass is 403 g/mol. The Morgan fingerprint density at radius 1 is 1.34 bits per heavy atom. The number of ether oxygens (including phenoxy) is 2. The van der Waals surface area contributed by atoms with Gasteiger partial charge >= 0.3 is 6.09 Å². The van der Waals surface area contributed by atoms with Crippen LogP contribution in [-0.2, 0) is 22.6 Å². The van der Waals surface area contributed by atoms with Crippen LogP contribution in [0.4, 0.5) is 10.5 Å². The first-order valence-electron chi connectivity index (χ1n) is 10.4. The van der Waals surface area contributed by atoms with Crippen LogP contribution in [-0.4, -0.2) is 49.2 Å². The molecular weight excluding hydrogens is 370 g/mol. The molecule has 0 bridgehead atoms. The Labute approximate surface area is 173 Å². The lowest BCUT2D eigenvalue weighted by atomic mass is 10.0. The summed E-state index contributed by atoms with van der Waals surface area (Å²) in [5.41, 5.74) is 3.96. The molecule has 1 heterocycles. The summed E-state index contributed by atoms with van der Waals surface area (Å²) in [6.45, 7) is 10.3. The van der Waals surface area contributed by atoms with Crippen molar-refractivity contribution in [2.75, 3.05) is 25.1 Å². The van der Waals surface area contributed by atoms with Gasteiger partial charge in [0.05, 0.1) is 19.3 Å². The van der Waals surface area contributed by atoms with Gasteiger partial charge in [0.15, 0.2) is 0 Å². The van der Waals surface area contributed by atoms with Crippen molar-refractivity contribution in [2.45, 2.75) is 71.7 Å². The Morgan fingerprint density at radius 3 is 2.66 bits per heavy atom. The van der Waals surface area contributed by atoms with E-state index in [9.17, 15) is 9.59 Å². The van der Waals surface area contributed by atoms with E-state index in [-0.39, 0.29) is 6.09 Å². The highest BCUT2D eigenvalue weighted by molar-refractivity contribution is 5.72. The molecule has 1 N–H and O–H groups in total. The number of nitrogens with zero attached hydrogens (tertiary/aromatic N) is 2. The molecule has 0 spiro atoms. The van der Waals surface area contributed by atoms with Crippen LogP contribution in [0.15, 0.2) is 6.07 Å². The van der Waals surface area contributed by atoms with Gasteiger partial charge in [-0.25, -0.2) is 4.79 Å². The van der Waals surface area contributed by atoms with Crippen molar-refractivity contribution >= 4 is 18.2 Å². The van der Waals surface area contributed by atoms with Crippen LogP contribution in [0.1, 0.15) is 56.7 Å². The fourth-order valence-corrected chi connectivity index (χ4v) is 3.92. The number of benzene rings is 1. The smallest absolute Gasteiger partial charge is 0.410 e. The Kier molecular flexibility index (Phi) is 6.24. The summed E-state index contributed by atoms with van der Waals surface area (Å²) < 4.78 is 11.4. The van der Waals surface area contributed by atoms with Crippen molar-refractivity contribution in [1.29, 1.82) is 0 Å². The van der Waals surface area contributed by atoms with Gasteiger partial charge in [-0.2, -0.15) is 0 Å². The molecule has 0 radical (unpaired) electrons. The molecule has 1 aliphatic carbocycles. The lowest BCUT2D eigenvalue weighted by Gasteiger charge is -2.28. The Hall–Kier alpha value is -2.44. The van der Waals surface area contributed by atoms with Gasteiger partial charge < -0.3 is 19.7 Å². The maximum Gasteiger partial charge on any atom is 0.410 e. The molecule has 0 saturated heterocycles. The average molecular weight is 404 g/mol. The van der Waals surface area contributed by atoms with Gasteiger partial charge in [-0.1, -0.05) is 0 Å². The third kappa shape index (κ3) is 4.95. The van der Waals surface area contributed by atoms with Crippen LogP contribution in [0.5, 0.6) is 5.75 Å². The van der Waals surface area contributed by atoms with Gasteiger partial charge in [0.1, 0.15) is 11.4 Å². The number of nitrogens with one attached hydrogen (secondary N) is 1. The number of carbonyl (C=O) groups is 2. The summed E-state index contributed by atoms with van der Waals surface area (Å²) in [5, 5.41) is 2.74. The molecular formula is C22H33N3O4. The van der Waals surface area contributed by atoms with E-state index in [0.29, 0.717) is 25.7 Å². The summed E-state index contributed by atoms with van der Waals surface area (Å²) in [4.78, 5) is 27.2. The summed E-state index contributed by atoms with van der Waals surface area (Å²) in [6.07, 6.45) is 3.67. The number of hydrogen-bond acceptors (Lipinski definition) is 5. The van der Waals surface area contributed by atoms with Crippen molar-refractivity contribution in [3.63, 3.8) is 0 Å². The highest BCUT2D eigenvalue weighted by Crippen LogP contribution is 2.43. The molecule has 1 fully saturated rings. The maximum absolute atomic E-state index is 12.6. The van der Waals surface area contributed by atoms with E-state index in [1.807, 2.05) is 20.8 Å². The molecule has 0 atom stereocenters. The van der Waals surface area contributed by atoms with E-state index >= 15 is 0 Å². The van der Waals surface area contributed by atoms with Crippen molar-refractivity contribution in [3.05, 3.63) is 22.8 Å². The van der Waals surface area contributed by atoms with Gasteiger partial charge in [-0.15, -0.1) is 0 Å². The molecule has 1 aromatic carbocycles. The normalized spacial score (nSPS) is 15.7. The fraction of sp³-hybridized carbons (Fsp3) is 0.636. The zero-order valence-electron chi connectivity index (χ0n) is 18.2. The third-order valence-electron chi connectivity index (χ3n) is 5.39. The van der Waals surface area contributed by atoms with Crippen LogP contribution in [0.25, 0.3) is 0 Å². The molecule has 7 heteroatoms. The van der Waals surface area contributed by atoms with E-state index in [1.165, 1.54) is 12.8 Å². The number of hydrogen-bond donors (Lipinski definition) is 1. The van der Waals surface area contributed by atoms with Crippen LogP contribution < -0.4 is 15.0 Å². The van der Waals surface area contributed by atoms with Crippen molar-refractivity contribution in [3.8, 4) is 5.75 Å². The number of methoxy groups -OCH3 is 1. The SMILES string of the molecule is COc1c(N(CCCNC=O)C2CC2)cc2c(c1C)CN(C(=O)OC(C)(C)C)C2. The highest BCUT2D eigenvalue weighted by atomic mass is 16.6. The maximum atomic E-state index is 12.6. The van der Waals surface area contributed by atoms with E-state index in [1.54, 1.807) is 12.0 Å². The quantitative estimate of drug-likeness (QED) is 0.532. The van der Waals surface area contributed by atoms with Crippen molar-refractivity contribution < 1.29 is 19.1 Å². The van der Waals surface area contributed by atoms with E-state index in [2.05, 4.69) is 23.2 Å². The first-order valence-corrected chi connectivity index (χ1v) is 10.4. The zero-order valence-corrected chi connectivity index (χ0v) is 18.2. The summed E-state index contributed by atoms with van der Waals surface area (Å²) in [5.74, 6) is 0.880. The molecule has 0 aromatic heterocycles. The lowest BCUT2D eigenvalue weighted by molar-refractivity contribution is -0.109. The first kappa shape index (κ1) is 21.3. The zero-order chi connectivity index (χ0) is 21.2. The fourth-order valence-electron chi connectivity index (χ4n) is 3.92. The predicted molar refractivity (Wildman–Crippen MR) is 112 cm³/mol. The molecule has 2 aliphatic rings. The van der Waals surface area contributed by atoms with Crippen LogP contribution in [0.2, 0.25) is 0 Å². The Morgan fingerprint density at radius 2 is 2.07 bits per heavy atom. The predicted octanol–water partition coefficient (Wildman–Crippen LogP) is 3.36. The minimum absolute atomic E-state index is 0.285. The second kappa shape index (κ2) is 8.51. The van der Waals surface area contributed by atoms with Crippen molar-refractivity contribution in [2.24, 2.45) is 0 Å². The molecule has 0 unspecified atom stereocenters. The molecule has 2 amide bonds. The summed E-state index contributed by atoms with van der Waals surface area (Å²) in [7, 11) is 1.71. The Bertz CT molecular complexity index is 768. The number of carbonyl (C=O) groups excluding carboxylic acids is 2. The van der Waals surface area contributed by atoms with Gasteiger partial charge in [-0.3, -0.25) is 9.69 Å². The van der Waals surface area contributed by atoms with E-state index in [4.69, 9.17) is 9.47 Å². The topological polar surface area (TPSA) is 71.1 Å². The standard InChI is InChI=1S/C22H33N3O4/c1-15-18-13-24(21(27)29-22(2,3)4)12-16(18)11-19(20(15)28-5)25(17-7-8-17)10-6-9-23-14-26/h11,14,17H,6-10,12-13H2,1-5H3,(H,23,26). The minimum atomic E-state index is -0.512. The highest BCUT2D eigenvalue weighted by Gasteiger charge is 2.35. The molecule has 29 heavy (non-hydrogen) atoms. The van der Waals surface area contributed by atoms with Gasteiger partial charge in [0.2, 0.25) is 6.41 Å². The number of anilines is 1.